The zero-order chi connectivity index (χ0) is 23.5. The van der Waals surface area contributed by atoms with Crippen LogP contribution >= 0.6 is 11.6 Å². The standard InChI is InChI=1S/C21H25ClFN5O3S/c1-14(7-10-32(3,30)31)26-21(29)17-11-25-19(12-24-17)28-9-8-27(2)13-18(28)15-5-4-6-16(23)20(15)22/h4-7,10-12,14,18H,8-9,13H2,1-3H3,(H,26,29)/b10-7+/t14-,18?/m1/s1. The number of nitrogens with one attached hydrogen (secondary N) is 1. The highest BCUT2D eigenvalue weighted by Gasteiger charge is 2.30. The minimum absolute atomic E-state index is 0.0814. The molecule has 2 aromatic rings. The minimum atomic E-state index is -3.28. The number of likely N-dealkylation sites (N-methyl/N-ethyl adjacent to an activating group) is 1. The van der Waals surface area contributed by atoms with Crippen LogP contribution in [0.15, 0.2) is 42.1 Å². The van der Waals surface area contributed by atoms with Gasteiger partial charge in [0.1, 0.15) is 17.3 Å². The van der Waals surface area contributed by atoms with Crippen molar-refractivity contribution in [2.45, 2.75) is 19.0 Å². The molecular formula is C21H25ClFN5O3S. The Balaban J connectivity index is 1.78. The Bertz CT molecular complexity index is 1110. The summed E-state index contributed by atoms with van der Waals surface area (Å²) in [5.74, 6) is -0.405. The Morgan fingerprint density at radius 2 is 2.06 bits per heavy atom. The van der Waals surface area contributed by atoms with Crippen molar-refractivity contribution >= 4 is 33.2 Å². The first-order chi connectivity index (χ1) is 15.0. The Hall–Kier alpha value is -2.56. The predicted molar refractivity (Wildman–Crippen MR) is 122 cm³/mol. The number of nitrogens with zero attached hydrogens (tertiary/aromatic N) is 4. The minimum Gasteiger partial charge on any atom is -0.346 e. The SMILES string of the molecule is C[C@H](/C=C/S(C)(=O)=O)NC(=O)c1cnc(N2CCN(C)CC2c2cccc(F)c2Cl)cn1. The molecule has 1 amide bonds. The van der Waals surface area contributed by atoms with Crippen molar-refractivity contribution in [2.24, 2.45) is 0 Å². The van der Waals surface area contributed by atoms with Crippen LogP contribution in [0.5, 0.6) is 0 Å². The van der Waals surface area contributed by atoms with Gasteiger partial charge in [0.15, 0.2) is 9.84 Å². The highest BCUT2D eigenvalue weighted by atomic mass is 35.5. The summed E-state index contributed by atoms with van der Waals surface area (Å²) in [6.07, 6.45) is 5.31. The number of benzene rings is 1. The Morgan fingerprint density at radius 1 is 1.31 bits per heavy atom. The first-order valence-electron chi connectivity index (χ1n) is 9.95. The van der Waals surface area contributed by atoms with Crippen molar-refractivity contribution in [3.8, 4) is 0 Å². The van der Waals surface area contributed by atoms with Crippen molar-refractivity contribution in [3.63, 3.8) is 0 Å². The van der Waals surface area contributed by atoms with E-state index in [0.29, 0.717) is 24.5 Å². The molecule has 1 saturated heterocycles. The van der Waals surface area contributed by atoms with Crippen LogP contribution in [0, 0.1) is 5.82 Å². The number of hydrogen-bond donors (Lipinski definition) is 1. The molecule has 0 saturated carbocycles. The molecule has 1 aliphatic heterocycles. The quantitative estimate of drug-likeness (QED) is 0.677. The number of carbonyl (C=O) groups is 1. The summed E-state index contributed by atoms with van der Waals surface area (Å²) in [6.45, 7) is 3.68. The molecule has 172 valence electrons. The maximum Gasteiger partial charge on any atom is 0.271 e. The van der Waals surface area contributed by atoms with E-state index in [1.807, 2.05) is 11.9 Å². The number of carbonyl (C=O) groups excluding carboxylic acids is 1. The molecule has 1 aromatic carbocycles. The van der Waals surface area contributed by atoms with Gasteiger partial charge in [0.2, 0.25) is 0 Å². The van der Waals surface area contributed by atoms with Crippen molar-refractivity contribution in [2.75, 3.05) is 37.8 Å². The maximum absolute atomic E-state index is 14.1. The van der Waals surface area contributed by atoms with Crippen molar-refractivity contribution in [3.05, 3.63) is 64.2 Å². The van der Waals surface area contributed by atoms with E-state index in [1.165, 1.54) is 24.5 Å². The summed E-state index contributed by atoms with van der Waals surface area (Å²) in [5, 5.41) is 3.77. The van der Waals surface area contributed by atoms with E-state index in [0.717, 1.165) is 18.2 Å². The van der Waals surface area contributed by atoms with Crippen LogP contribution in [0.4, 0.5) is 10.2 Å². The van der Waals surface area contributed by atoms with Gasteiger partial charge in [0.25, 0.3) is 5.91 Å². The van der Waals surface area contributed by atoms with Crippen molar-refractivity contribution < 1.29 is 17.6 Å². The highest BCUT2D eigenvalue weighted by Crippen LogP contribution is 2.34. The average Bonchev–Trinajstić information content (AvgIpc) is 2.74. The number of amides is 1. The van der Waals surface area contributed by atoms with E-state index in [9.17, 15) is 17.6 Å². The first kappa shape index (κ1) is 24.1. The molecule has 0 bridgehead atoms. The molecule has 0 aliphatic carbocycles. The van der Waals surface area contributed by atoms with Gasteiger partial charge in [-0.3, -0.25) is 4.79 Å². The second-order valence-electron chi connectivity index (χ2n) is 7.79. The second kappa shape index (κ2) is 9.93. The smallest absolute Gasteiger partial charge is 0.271 e. The number of sulfone groups is 1. The summed E-state index contributed by atoms with van der Waals surface area (Å²) < 4.78 is 36.5. The van der Waals surface area contributed by atoms with Crippen LogP contribution < -0.4 is 10.2 Å². The van der Waals surface area contributed by atoms with E-state index in [4.69, 9.17) is 11.6 Å². The molecule has 1 aromatic heterocycles. The van der Waals surface area contributed by atoms with Gasteiger partial charge in [-0.1, -0.05) is 29.8 Å². The molecule has 1 fully saturated rings. The van der Waals surface area contributed by atoms with E-state index in [1.54, 1.807) is 19.1 Å². The molecule has 3 rings (SSSR count). The van der Waals surface area contributed by atoms with Crippen LogP contribution in [0.1, 0.15) is 29.0 Å². The summed E-state index contributed by atoms with van der Waals surface area (Å²) in [4.78, 5) is 25.1. The molecule has 1 aliphatic rings. The lowest BCUT2D eigenvalue weighted by Crippen LogP contribution is -2.47. The molecule has 11 heteroatoms. The molecular weight excluding hydrogens is 457 g/mol. The van der Waals surface area contributed by atoms with Crippen molar-refractivity contribution in [1.29, 1.82) is 0 Å². The molecule has 2 atom stereocenters. The van der Waals surface area contributed by atoms with Gasteiger partial charge in [-0.25, -0.2) is 22.8 Å². The third-order valence-electron chi connectivity index (χ3n) is 5.06. The number of piperazine rings is 1. The third kappa shape index (κ3) is 6.02. The molecule has 0 radical (unpaired) electrons. The number of aromatic nitrogens is 2. The topological polar surface area (TPSA) is 95.5 Å². The second-order valence-corrected chi connectivity index (χ2v) is 10.1. The first-order valence-corrected chi connectivity index (χ1v) is 12.3. The number of halogens is 2. The lowest BCUT2D eigenvalue weighted by molar-refractivity contribution is 0.0941. The number of hydrogen-bond acceptors (Lipinski definition) is 7. The number of anilines is 1. The molecule has 2 heterocycles. The third-order valence-corrected chi connectivity index (χ3v) is 6.11. The van der Waals surface area contributed by atoms with Gasteiger partial charge in [0, 0.05) is 37.3 Å². The van der Waals surface area contributed by atoms with Crippen LogP contribution in [0.25, 0.3) is 0 Å². The fourth-order valence-electron chi connectivity index (χ4n) is 3.41. The molecule has 0 spiro atoms. The summed E-state index contributed by atoms with van der Waals surface area (Å²) in [6, 6.07) is 4.01. The monoisotopic (exact) mass is 481 g/mol. The van der Waals surface area contributed by atoms with Gasteiger partial charge >= 0.3 is 0 Å². The van der Waals surface area contributed by atoms with Crippen molar-refractivity contribution in [1.82, 2.24) is 20.2 Å². The van der Waals surface area contributed by atoms with E-state index < -0.39 is 27.6 Å². The normalized spacial score (nSPS) is 18.7. The average molecular weight is 482 g/mol. The van der Waals surface area contributed by atoms with E-state index in [2.05, 4.69) is 20.2 Å². The fourth-order valence-corrected chi connectivity index (χ4v) is 4.19. The highest BCUT2D eigenvalue weighted by molar-refractivity contribution is 7.93. The van der Waals surface area contributed by atoms with Crippen LogP contribution in [0.3, 0.4) is 0 Å². The van der Waals surface area contributed by atoms with Gasteiger partial charge in [-0.15, -0.1) is 0 Å². The van der Waals surface area contributed by atoms with E-state index >= 15 is 0 Å². The van der Waals surface area contributed by atoms with Gasteiger partial charge in [-0.2, -0.15) is 0 Å². The maximum atomic E-state index is 14.1. The largest absolute Gasteiger partial charge is 0.346 e. The van der Waals surface area contributed by atoms with Crippen LogP contribution in [-0.4, -0.2) is 68.2 Å². The van der Waals surface area contributed by atoms with Gasteiger partial charge in [-0.05, 0) is 25.6 Å². The molecule has 8 nitrogen and oxygen atoms in total. The lowest BCUT2D eigenvalue weighted by Gasteiger charge is -2.41. The molecule has 1 unspecified atom stereocenters. The lowest BCUT2D eigenvalue weighted by atomic mass is 10.0. The zero-order valence-electron chi connectivity index (χ0n) is 18.0. The Labute approximate surface area is 192 Å². The van der Waals surface area contributed by atoms with Gasteiger partial charge < -0.3 is 15.1 Å². The summed E-state index contributed by atoms with van der Waals surface area (Å²) >= 11 is 6.24. The van der Waals surface area contributed by atoms with Gasteiger partial charge in [0.05, 0.1) is 23.5 Å². The Morgan fingerprint density at radius 3 is 2.72 bits per heavy atom. The molecule has 1 N–H and O–H groups in total. The predicted octanol–water partition coefficient (Wildman–Crippen LogP) is 2.44. The zero-order valence-corrected chi connectivity index (χ0v) is 19.6. The van der Waals surface area contributed by atoms with E-state index in [-0.39, 0.29) is 16.8 Å². The molecule has 32 heavy (non-hydrogen) atoms. The van der Waals surface area contributed by atoms with Crippen LogP contribution in [0.2, 0.25) is 5.02 Å². The van der Waals surface area contributed by atoms with Crippen LogP contribution in [-0.2, 0) is 9.84 Å². The summed E-state index contributed by atoms with van der Waals surface area (Å²) in [5.41, 5.74) is 0.760. The summed E-state index contributed by atoms with van der Waals surface area (Å²) in [7, 11) is -1.30. The number of rotatable bonds is 6. The fraction of sp³-hybridized carbons (Fsp3) is 0.381. The Kier molecular flexibility index (Phi) is 7.47.